The molecule has 0 heteroatoms. The van der Waals surface area contributed by atoms with E-state index in [0.717, 1.165) is 0 Å². The van der Waals surface area contributed by atoms with Gasteiger partial charge < -0.3 is 0 Å². The normalized spacial score (nSPS) is 11.6. The Morgan fingerprint density at radius 2 is 0.589 bits per heavy atom. The Labute approximate surface area is 326 Å². The molecule has 0 amide bonds. The van der Waals surface area contributed by atoms with Crippen molar-refractivity contribution in [3.63, 3.8) is 0 Å². The van der Waals surface area contributed by atoms with E-state index in [-0.39, 0.29) is 0 Å². The van der Waals surface area contributed by atoms with Gasteiger partial charge in [-0.25, -0.2) is 0 Å². The van der Waals surface area contributed by atoms with E-state index in [1.54, 1.807) is 0 Å². The Hall–Kier alpha value is -7.28. The molecule has 0 aliphatic carbocycles. The summed E-state index contributed by atoms with van der Waals surface area (Å²) in [6.45, 7) is 0. The third-order valence-electron chi connectivity index (χ3n) is 11.7. The number of rotatable bonds is 5. The van der Waals surface area contributed by atoms with Crippen LogP contribution < -0.4 is 0 Å². The molecule has 0 aliphatic rings. The van der Waals surface area contributed by atoms with Gasteiger partial charge in [0.05, 0.1) is 0 Å². The highest BCUT2D eigenvalue weighted by atomic mass is 14.2. The molecular formula is C56H36. The van der Waals surface area contributed by atoms with Gasteiger partial charge in [-0.05, 0) is 122 Å². The number of fused-ring (bicyclic) bond motifs is 5. The molecule has 11 aromatic carbocycles. The van der Waals surface area contributed by atoms with Gasteiger partial charge in [0.1, 0.15) is 0 Å². The average molecular weight is 709 g/mol. The van der Waals surface area contributed by atoms with Crippen molar-refractivity contribution in [3.8, 4) is 55.6 Å². The first kappa shape index (κ1) is 32.2. The molecule has 0 fully saturated rings. The van der Waals surface area contributed by atoms with Crippen molar-refractivity contribution in [1.29, 1.82) is 0 Å². The maximum atomic E-state index is 2.36. The predicted molar refractivity (Wildman–Crippen MR) is 241 cm³/mol. The minimum absolute atomic E-state index is 1.21. The van der Waals surface area contributed by atoms with Crippen LogP contribution in [-0.4, -0.2) is 0 Å². The first-order valence-electron chi connectivity index (χ1n) is 19.4. The van der Waals surface area contributed by atoms with Crippen molar-refractivity contribution >= 4 is 53.9 Å². The second-order valence-corrected chi connectivity index (χ2v) is 14.8. The fraction of sp³-hybridized carbons (Fsp3) is 0. The Morgan fingerprint density at radius 3 is 1.21 bits per heavy atom. The third-order valence-corrected chi connectivity index (χ3v) is 11.7. The summed E-state index contributed by atoms with van der Waals surface area (Å²) in [5, 5.41) is 12.6. The lowest BCUT2D eigenvalue weighted by molar-refractivity contribution is 1.62. The summed E-state index contributed by atoms with van der Waals surface area (Å²) in [5.74, 6) is 0. The van der Waals surface area contributed by atoms with Crippen molar-refractivity contribution in [3.05, 3.63) is 218 Å². The van der Waals surface area contributed by atoms with Crippen LogP contribution in [0.25, 0.3) is 109 Å². The Bertz CT molecular complexity index is 3220. The van der Waals surface area contributed by atoms with E-state index in [1.807, 2.05) is 0 Å². The van der Waals surface area contributed by atoms with E-state index in [0.29, 0.717) is 0 Å². The zero-order valence-electron chi connectivity index (χ0n) is 30.8. The number of hydrogen-bond donors (Lipinski definition) is 0. The third kappa shape index (κ3) is 5.30. The summed E-state index contributed by atoms with van der Waals surface area (Å²) >= 11 is 0. The minimum Gasteiger partial charge on any atom is -0.0622 e. The molecule has 0 unspecified atom stereocenters. The summed E-state index contributed by atoms with van der Waals surface area (Å²) in [6, 6.07) is 80.3. The fourth-order valence-corrected chi connectivity index (χ4v) is 9.01. The van der Waals surface area contributed by atoms with E-state index >= 15 is 0 Å². The van der Waals surface area contributed by atoms with Crippen LogP contribution in [0.1, 0.15) is 0 Å². The zero-order chi connectivity index (χ0) is 37.0. The summed E-state index contributed by atoms with van der Waals surface area (Å²) in [7, 11) is 0. The highest BCUT2D eigenvalue weighted by Crippen LogP contribution is 2.47. The molecule has 0 aliphatic heterocycles. The lowest BCUT2D eigenvalue weighted by Gasteiger charge is -2.20. The molecule has 0 aromatic heterocycles. The van der Waals surface area contributed by atoms with Crippen LogP contribution in [-0.2, 0) is 0 Å². The summed E-state index contributed by atoms with van der Waals surface area (Å²) in [5.41, 5.74) is 12.5. The molecule has 11 aromatic rings. The molecule has 56 heavy (non-hydrogen) atoms. The van der Waals surface area contributed by atoms with E-state index < -0.39 is 0 Å². The Balaban J connectivity index is 1.04. The summed E-state index contributed by atoms with van der Waals surface area (Å²) < 4.78 is 0. The SMILES string of the molecule is c1ccc(-c2ccc3cc(-c4ccc(-c5c6ccccc6c(-c6ccc(-c7cccc8ccccc78)c7ccccc67)c6ccccc56)cc4)ccc3c2)cc1. The van der Waals surface area contributed by atoms with Crippen LogP contribution in [0.2, 0.25) is 0 Å². The van der Waals surface area contributed by atoms with Crippen molar-refractivity contribution in [1.82, 2.24) is 0 Å². The van der Waals surface area contributed by atoms with Gasteiger partial charge >= 0.3 is 0 Å². The molecule has 0 nitrogen and oxygen atoms in total. The van der Waals surface area contributed by atoms with Crippen LogP contribution in [0.5, 0.6) is 0 Å². The van der Waals surface area contributed by atoms with Gasteiger partial charge in [-0.2, -0.15) is 0 Å². The first-order chi connectivity index (χ1) is 27.8. The maximum Gasteiger partial charge on any atom is -0.00201 e. The van der Waals surface area contributed by atoms with Crippen LogP contribution in [0.4, 0.5) is 0 Å². The van der Waals surface area contributed by atoms with Crippen molar-refractivity contribution in [2.75, 3.05) is 0 Å². The molecule has 0 saturated heterocycles. The summed E-state index contributed by atoms with van der Waals surface area (Å²) in [6.07, 6.45) is 0. The second kappa shape index (κ2) is 13.2. The molecule has 260 valence electrons. The highest BCUT2D eigenvalue weighted by molar-refractivity contribution is 6.24. The molecule has 0 atom stereocenters. The number of hydrogen-bond acceptors (Lipinski definition) is 0. The van der Waals surface area contributed by atoms with Gasteiger partial charge in [-0.1, -0.05) is 206 Å². The fourth-order valence-electron chi connectivity index (χ4n) is 9.01. The van der Waals surface area contributed by atoms with Gasteiger partial charge in [-0.3, -0.25) is 0 Å². The quantitative estimate of drug-likeness (QED) is 0.156. The molecular weight excluding hydrogens is 673 g/mol. The smallest absolute Gasteiger partial charge is 0.00201 e. The van der Waals surface area contributed by atoms with Crippen molar-refractivity contribution in [2.45, 2.75) is 0 Å². The van der Waals surface area contributed by atoms with Gasteiger partial charge in [0.15, 0.2) is 0 Å². The lowest BCUT2D eigenvalue weighted by atomic mass is 9.83. The minimum atomic E-state index is 1.21. The van der Waals surface area contributed by atoms with Crippen LogP contribution in [0.15, 0.2) is 218 Å². The van der Waals surface area contributed by atoms with E-state index in [2.05, 4.69) is 218 Å². The van der Waals surface area contributed by atoms with Crippen LogP contribution in [0.3, 0.4) is 0 Å². The molecule has 0 heterocycles. The van der Waals surface area contributed by atoms with Crippen molar-refractivity contribution < 1.29 is 0 Å². The Morgan fingerprint density at radius 1 is 0.179 bits per heavy atom. The second-order valence-electron chi connectivity index (χ2n) is 14.8. The van der Waals surface area contributed by atoms with E-state index in [1.165, 1.54) is 109 Å². The van der Waals surface area contributed by atoms with Gasteiger partial charge in [0.25, 0.3) is 0 Å². The predicted octanol–water partition coefficient (Wildman–Crippen LogP) is 15.8. The average Bonchev–Trinajstić information content (AvgIpc) is 3.28. The first-order valence-corrected chi connectivity index (χ1v) is 19.4. The maximum absolute atomic E-state index is 2.36. The molecule has 0 N–H and O–H groups in total. The molecule has 11 rings (SSSR count). The lowest BCUT2D eigenvalue weighted by Crippen LogP contribution is -1.93. The monoisotopic (exact) mass is 708 g/mol. The van der Waals surface area contributed by atoms with Crippen molar-refractivity contribution in [2.24, 2.45) is 0 Å². The van der Waals surface area contributed by atoms with Gasteiger partial charge in [0.2, 0.25) is 0 Å². The molecule has 0 bridgehead atoms. The van der Waals surface area contributed by atoms with E-state index in [4.69, 9.17) is 0 Å². The van der Waals surface area contributed by atoms with Gasteiger partial charge in [-0.15, -0.1) is 0 Å². The molecule has 0 radical (unpaired) electrons. The topological polar surface area (TPSA) is 0 Å². The number of benzene rings is 11. The standard InChI is InChI=1S/C56H36/c1-2-13-37(14-3-1)41-29-31-44-36-42(30-32-43(44)35-41)38-25-27-40(28-26-38)55-50-20-8-10-22-52(50)56(53-23-11-9-21-51(53)55)54-34-33-49(47-18-6-7-19-48(47)54)46-24-12-16-39-15-4-5-17-45(39)46/h1-36H. The zero-order valence-corrected chi connectivity index (χ0v) is 30.8. The largest absolute Gasteiger partial charge is 0.0622 e. The van der Waals surface area contributed by atoms with Crippen LogP contribution in [0, 0.1) is 0 Å². The van der Waals surface area contributed by atoms with Crippen LogP contribution >= 0.6 is 0 Å². The van der Waals surface area contributed by atoms with E-state index in [9.17, 15) is 0 Å². The highest BCUT2D eigenvalue weighted by Gasteiger charge is 2.19. The Kier molecular flexibility index (Phi) is 7.60. The van der Waals surface area contributed by atoms with Gasteiger partial charge in [0, 0.05) is 0 Å². The molecule has 0 spiro atoms. The summed E-state index contributed by atoms with van der Waals surface area (Å²) in [4.78, 5) is 0. The molecule has 0 saturated carbocycles.